The second-order valence-electron chi connectivity index (χ2n) is 5.88. The minimum Gasteiger partial charge on any atom is -0.452 e. The Morgan fingerprint density at radius 1 is 1.11 bits per heavy atom. The lowest BCUT2D eigenvalue weighted by Gasteiger charge is -2.05. The van der Waals surface area contributed by atoms with Gasteiger partial charge in [0.05, 0.1) is 17.9 Å². The lowest BCUT2D eigenvalue weighted by molar-refractivity contribution is -0.119. The summed E-state index contributed by atoms with van der Waals surface area (Å²) in [6, 6.07) is 14.3. The monoisotopic (exact) mass is 382 g/mol. The smallest absolute Gasteiger partial charge is 0.338 e. The van der Waals surface area contributed by atoms with Crippen LogP contribution >= 0.6 is 11.3 Å². The highest BCUT2D eigenvalue weighted by Gasteiger charge is 2.12. The van der Waals surface area contributed by atoms with Gasteiger partial charge in [-0.1, -0.05) is 42.0 Å². The minimum atomic E-state index is -0.603. The van der Waals surface area contributed by atoms with Gasteiger partial charge in [-0.3, -0.25) is 10.1 Å². The predicted octanol–water partition coefficient (Wildman–Crippen LogP) is 3.41. The maximum Gasteiger partial charge on any atom is 0.338 e. The molecular formula is C20H18N2O4S. The largest absolute Gasteiger partial charge is 0.452 e. The van der Waals surface area contributed by atoms with Gasteiger partial charge in [-0.25, -0.2) is 9.78 Å². The number of aliphatic hydroxyl groups excluding tert-OH is 1. The molecular weight excluding hydrogens is 364 g/mol. The van der Waals surface area contributed by atoms with E-state index in [1.807, 2.05) is 36.6 Å². The molecule has 1 heterocycles. The van der Waals surface area contributed by atoms with Crippen molar-refractivity contribution in [3.05, 3.63) is 70.6 Å². The highest BCUT2D eigenvalue weighted by molar-refractivity contribution is 7.14. The average Bonchev–Trinajstić information content (AvgIpc) is 3.15. The summed E-state index contributed by atoms with van der Waals surface area (Å²) in [5.41, 5.74) is 3.91. The Labute approximate surface area is 160 Å². The first-order chi connectivity index (χ1) is 13.0. The number of esters is 1. The number of carbonyl (C=O) groups excluding carboxylic acids is 2. The highest BCUT2D eigenvalue weighted by Crippen LogP contribution is 2.25. The van der Waals surface area contributed by atoms with Gasteiger partial charge in [-0.2, -0.15) is 0 Å². The predicted molar refractivity (Wildman–Crippen MR) is 104 cm³/mol. The minimum absolute atomic E-state index is 0.101. The van der Waals surface area contributed by atoms with Crippen molar-refractivity contribution in [3.8, 4) is 11.3 Å². The number of amides is 1. The molecule has 3 rings (SSSR count). The van der Waals surface area contributed by atoms with Gasteiger partial charge in [-0.05, 0) is 24.6 Å². The molecule has 2 aromatic carbocycles. The van der Waals surface area contributed by atoms with Crippen LogP contribution in [0.4, 0.5) is 5.13 Å². The number of thiazole rings is 1. The number of hydrogen-bond acceptors (Lipinski definition) is 6. The summed E-state index contributed by atoms with van der Waals surface area (Å²) in [4.78, 5) is 28.3. The van der Waals surface area contributed by atoms with Gasteiger partial charge in [0.2, 0.25) is 0 Å². The molecule has 0 aliphatic carbocycles. The van der Waals surface area contributed by atoms with Gasteiger partial charge in [0.1, 0.15) is 0 Å². The zero-order valence-corrected chi connectivity index (χ0v) is 15.5. The molecule has 138 valence electrons. The van der Waals surface area contributed by atoms with Crippen LogP contribution in [0.3, 0.4) is 0 Å². The number of rotatable bonds is 6. The molecule has 0 radical (unpaired) electrons. The van der Waals surface area contributed by atoms with Crippen molar-refractivity contribution in [3.63, 3.8) is 0 Å². The van der Waals surface area contributed by atoms with Crippen molar-refractivity contribution in [2.24, 2.45) is 0 Å². The molecule has 0 aliphatic heterocycles. The van der Waals surface area contributed by atoms with Gasteiger partial charge < -0.3 is 9.84 Å². The van der Waals surface area contributed by atoms with Crippen LogP contribution in [0, 0.1) is 6.92 Å². The van der Waals surface area contributed by atoms with Crippen molar-refractivity contribution in [1.82, 2.24) is 4.98 Å². The van der Waals surface area contributed by atoms with E-state index in [2.05, 4.69) is 10.3 Å². The zero-order valence-electron chi connectivity index (χ0n) is 14.6. The molecule has 27 heavy (non-hydrogen) atoms. The van der Waals surface area contributed by atoms with Crippen molar-refractivity contribution >= 4 is 28.3 Å². The quantitative estimate of drug-likeness (QED) is 0.638. The third kappa shape index (κ3) is 4.99. The summed E-state index contributed by atoms with van der Waals surface area (Å²) in [5.74, 6) is -1.06. The zero-order chi connectivity index (χ0) is 19.2. The molecule has 2 N–H and O–H groups in total. The summed E-state index contributed by atoms with van der Waals surface area (Å²) >= 11 is 1.30. The molecule has 0 saturated carbocycles. The van der Waals surface area contributed by atoms with E-state index in [4.69, 9.17) is 9.84 Å². The fraction of sp³-hybridized carbons (Fsp3) is 0.150. The Kier molecular flexibility index (Phi) is 5.95. The molecule has 0 aliphatic rings. The Hall–Kier alpha value is -3.03. The summed E-state index contributed by atoms with van der Waals surface area (Å²) in [6.45, 7) is 1.51. The Bertz CT molecular complexity index is 933. The van der Waals surface area contributed by atoms with Crippen LogP contribution in [0.2, 0.25) is 0 Å². The first kappa shape index (κ1) is 18.8. The topological polar surface area (TPSA) is 88.5 Å². The number of hydrogen-bond donors (Lipinski definition) is 2. The number of benzene rings is 2. The molecule has 0 unspecified atom stereocenters. The second-order valence-corrected chi connectivity index (χ2v) is 6.74. The second kappa shape index (κ2) is 8.57. The van der Waals surface area contributed by atoms with Gasteiger partial charge in [0.25, 0.3) is 5.91 Å². The number of anilines is 1. The van der Waals surface area contributed by atoms with Crippen LogP contribution in [0.5, 0.6) is 0 Å². The molecule has 1 aromatic heterocycles. The molecule has 0 atom stereocenters. The lowest BCUT2D eigenvalue weighted by atomic mass is 10.1. The maximum atomic E-state index is 12.0. The Balaban J connectivity index is 1.53. The molecule has 0 fully saturated rings. The summed E-state index contributed by atoms with van der Waals surface area (Å²) in [7, 11) is 0. The van der Waals surface area contributed by atoms with Crippen molar-refractivity contribution in [2.45, 2.75) is 13.5 Å². The molecule has 6 nitrogen and oxygen atoms in total. The average molecular weight is 382 g/mol. The molecule has 3 aromatic rings. The van der Waals surface area contributed by atoms with Gasteiger partial charge in [0, 0.05) is 10.9 Å². The number of carbonyl (C=O) groups is 2. The Morgan fingerprint density at radius 3 is 2.48 bits per heavy atom. The van der Waals surface area contributed by atoms with Crippen LogP contribution in [0.1, 0.15) is 21.5 Å². The molecule has 0 saturated heterocycles. The van der Waals surface area contributed by atoms with Gasteiger partial charge >= 0.3 is 5.97 Å². The van der Waals surface area contributed by atoms with E-state index in [9.17, 15) is 9.59 Å². The van der Waals surface area contributed by atoms with Gasteiger partial charge in [-0.15, -0.1) is 11.3 Å². The molecule has 7 heteroatoms. The first-order valence-corrected chi connectivity index (χ1v) is 9.12. The number of nitrogens with zero attached hydrogens (tertiary/aromatic N) is 1. The van der Waals surface area contributed by atoms with Crippen molar-refractivity contribution in [1.29, 1.82) is 0 Å². The number of ether oxygens (including phenoxy) is 1. The molecule has 0 spiro atoms. The van der Waals surface area contributed by atoms with E-state index >= 15 is 0 Å². The lowest BCUT2D eigenvalue weighted by Crippen LogP contribution is -2.20. The fourth-order valence-corrected chi connectivity index (χ4v) is 3.04. The van der Waals surface area contributed by atoms with Gasteiger partial charge in [0.15, 0.2) is 11.7 Å². The number of aryl methyl sites for hydroxylation is 1. The molecule has 0 bridgehead atoms. The summed E-state index contributed by atoms with van der Waals surface area (Å²) < 4.78 is 5.00. The Morgan fingerprint density at radius 2 is 1.81 bits per heavy atom. The van der Waals surface area contributed by atoms with Crippen LogP contribution in [0.15, 0.2) is 53.9 Å². The van der Waals surface area contributed by atoms with E-state index in [-0.39, 0.29) is 6.61 Å². The van der Waals surface area contributed by atoms with E-state index in [1.165, 1.54) is 11.3 Å². The van der Waals surface area contributed by atoms with Crippen LogP contribution < -0.4 is 5.32 Å². The number of aromatic nitrogens is 1. The third-order valence-corrected chi connectivity index (χ3v) is 4.56. The summed E-state index contributed by atoms with van der Waals surface area (Å²) in [5, 5.41) is 13.9. The standard InChI is InChI=1S/C20H18N2O4S/c1-13-2-6-15(7-3-13)17-12-27-20(21-17)22-18(24)11-26-19(25)16-8-4-14(10-23)5-9-16/h2-9,12,23H,10-11H2,1H3,(H,21,22,24). The maximum absolute atomic E-state index is 12.0. The van der Waals surface area contributed by atoms with Crippen LogP contribution in [-0.4, -0.2) is 28.6 Å². The fourth-order valence-electron chi connectivity index (χ4n) is 2.30. The number of nitrogens with one attached hydrogen (secondary N) is 1. The molecule has 1 amide bonds. The third-order valence-electron chi connectivity index (χ3n) is 3.80. The number of aliphatic hydroxyl groups is 1. The van der Waals surface area contributed by atoms with E-state index in [1.54, 1.807) is 24.3 Å². The van der Waals surface area contributed by atoms with E-state index in [0.29, 0.717) is 16.3 Å². The first-order valence-electron chi connectivity index (χ1n) is 8.24. The SMILES string of the molecule is Cc1ccc(-c2csc(NC(=O)COC(=O)c3ccc(CO)cc3)n2)cc1. The van der Waals surface area contributed by atoms with Crippen molar-refractivity contribution in [2.75, 3.05) is 11.9 Å². The highest BCUT2D eigenvalue weighted by atomic mass is 32.1. The van der Waals surface area contributed by atoms with E-state index in [0.717, 1.165) is 16.8 Å². The van der Waals surface area contributed by atoms with Crippen LogP contribution in [-0.2, 0) is 16.1 Å². The van der Waals surface area contributed by atoms with E-state index < -0.39 is 18.5 Å². The summed E-state index contributed by atoms with van der Waals surface area (Å²) in [6.07, 6.45) is 0. The normalized spacial score (nSPS) is 10.4. The van der Waals surface area contributed by atoms with Crippen LogP contribution in [0.25, 0.3) is 11.3 Å². The van der Waals surface area contributed by atoms with Crippen molar-refractivity contribution < 1.29 is 19.4 Å².